The van der Waals surface area contributed by atoms with Gasteiger partial charge in [-0.3, -0.25) is 4.57 Å². The quantitative estimate of drug-likeness (QED) is 0.428. The van der Waals surface area contributed by atoms with Gasteiger partial charge in [0.1, 0.15) is 30.4 Å². The summed E-state index contributed by atoms with van der Waals surface area (Å²) in [6.45, 7) is -0.843. The van der Waals surface area contributed by atoms with Gasteiger partial charge < -0.3 is 35.9 Å². The van der Waals surface area contributed by atoms with Crippen molar-refractivity contribution < 1.29 is 29.2 Å². The molecule has 1 aliphatic heterocycles. The average molecular weight is 354 g/mol. The summed E-state index contributed by atoms with van der Waals surface area (Å²) >= 11 is 0. The Bertz CT molecular complexity index is 782. The maximum absolute atomic E-state index is 11.3. The second-order valence-electron chi connectivity index (χ2n) is 5.38. The van der Waals surface area contributed by atoms with E-state index in [0.717, 1.165) is 0 Å². The van der Waals surface area contributed by atoms with Gasteiger partial charge in [0.05, 0.1) is 20.0 Å². The van der Waals surface area contributed by atoms with Gasteiger partial charge in [0.2, 0.25) is 5.95 Å². The number of hydrogen-bond donors (Lipinski definition) is 4. The summed E-state index contributed by atoms with van der Waals surface area (Å²) in [5.41, 5.74) is 12.0. The van der Waals surface area contributed by atoms with E-state index < -0.39 is 43.7 Å². The Morgan fingerprint density at radius 2 is 2.20 bits per heavy atom. The third kappa shape index (κ3) is 3.07. The second-order valence-corrected chi connectivity index (χ2v) is 5.38. The van der Waals surface area contributed by atoms with E-state index in [1.165, 1.54) is 18.0 Å². The van der Waals surface area contributed by atoms with E-state index in [9.17, 15) is 15.0 Å². The van der Waals surface area contributed by atoms with Gasteiger partial charge in [-0.05, 0) is 0 Å². The molecular weight excluding hydrogens is 336 g/mol. The van der Waals surface area contributed by atoms with Crippen molar-refractivity contribution in [3.8, 4) is 0 Å². The van der Waals surface area contributed by atoms with Crippen LogP contribution in [0.15, 0.2) is 6.33 Å². The number of aliphatic hydroxyl groups is 2. The fraction of sp³-hybridized carbons (Fsp3) is 0.538. The van der Waals surface area contributed by atoms with Crippen LogP contribution in [-0.2, 0) is 19.0 Å². The molecule has 0 bridgehead atoms. The first-order chi connectivity index (χ1) is 12.0. The molecule has 0 amide bonds. The van der Waals surface area contributed by atoms with Gasteiger partial charge in [0.25, 0.3) is 0 Å². The Morgan fingerprint density at radius 1 is 1.44 bits per heavy atom. The molecule has 136 valence electrons. The summed E-state index contributed by atoms with van der Waals surface area (Å²) < 4.78 is 17.0. The fourth-order valence-corrected chi connectivity index (χ4v) is 2.64. The number of nitrogens with two attached hydrogens (primary N) is 2. The van der Waals surface area contributed by atoms with Crippen LogP contribution in [0.3, 0.4) is 0 Å². The Labute approximate surface area is 141 Å². The molecule has 6 N–H and O–H groups in total. The summed E-state index contributed by atoms with van der Waals surface area (Å²) in [5.74, 6) is -0.591. The molecule has 2 aromatic heterocycles. The van der Waals surface area contributed by atoms with Gasteiger partial charge in [-0.2, -0.15) is 9.97 Å². The topological polar surface area (TPSA) is 181 Å². The lowest BCUT2D eigenvalue weighted by atomic mass is 10.1. The van der Waals surface area contributed by atoms with Gasteiger partial charge in [-0.15, -0.1) is 0 Å². The minimum atomic E-state index is -1.19. The van der Waals surface area contributed by atoms with E-state index in [1.54, 1.807) is 0 Å². The average Bonchev–Trinajstić information content (AvgIpc) is 3.13. The Kier molecular flexibility index (Phi) is 4.67. The van der Waals surface area contributed by atoms with Crippen molar-refractivity contribution >= 4 is 28.9 Å². The monoisotopic (exact) mass is 354 g/mol. The number of imidazole rings is 1. The van der Waals surface area contributed by atoms with E-state index in [2.05, 4.69) is 19.7 Å². The molecule has 0 radical (unpaired) electrons. The third-order valence-corrected chi connectivity index (χ3v) is 3.85. The maximum atomic E-state index is 11.3. The molecule has 12 heteroatoms. The molecule has 3 rings (SSSR count). The van der Waals surface area contributed by atoms with Crippen molar-refractivity contribution in [1.82, 2.24) is 19.5 Å². The lowest BCUT2D eigenvalue weighted by Crippen LogP contribution is -2.36. The predicted octanol–water partition coefficient (Wildman–Crippen LogP) is -2.20. The Hall–Kier alpha value is -2.54. The molecule has 0 aromatic carbocycles. The summed E-state index contributed by atoms with van der Waals surface area (Å²) in [7, 11) is 1.22. The Balaban J connectivity index is 1.96. The van der Waals surface area contributed by atoms with Crippen LogP contribution in [0.4, 0.5) is 11.8 Å². The zero-order valence-electron chi connectivity index (χ0n) is 13.3. The fourth-order valence-electron chi connectivity index (χ4n) is 2.64. The van der Waals surface area contributed by atoms with Crippen molar-refractivity contribution in [2.45, 2.75) is 24.5 Å². The van der Waals surface area contributed by atoms with E-state index in [1.807, 2.05) is 0 Å². The number of fused-ring (bicyclic) bond motifs is 1. The number of nitrogens with zero attached hydrogens (tertiary/aromatic N) is 4. The highest BCUT2D eigenvalue weighted by Gasteiger charge is 2.46. The zero-order valence-corrected chi connectivity index (χ0v) is 13.3. The summed E-state index contributed by atoms with van der Waals surface area (Å²) in [6, 6.07) is 0. The molecule has 1 saturated heterocycles. The number of carbonyl (C=O) groups excluding carboxylic acids is 1. The van der Waals surface area contributed by atoms with Crippen molar-refractivity contribution in [2.24, 2.45) is 0 Å². The molecule has 0 unspecified atom stereocenters. The predicted molar refractivity (Wildman–Crippen MR) is 82.9 cm³/mol. The second kappa shape index (κ2) is 6.76. The smallest absolute Gasteiger partial charge is 0.331 e. The van der Waals surface area contributed by atoms with Crippen LogP contribution < -0.4 is 11.5 Å². The van der Waals surface area contributed by atoms with Gasteiger partial charge in [0.15, 0.2) is 17.7 Å². The number of ether oxygens (including phenoxy) is 3. The van der Waals surface area contributed by atoms with E-state index >= 15 is 0 Å². The number of anilines is 2. The number of nitrogen functional groups attached to an aromatic ring is 2. The van der Waals surface area contributed by atoms with Gasteiger partial charge >= 0.3 is 5.97 Å². The molecule has 1 aliphatic rings. The van der Waals surface area contributed by atoms with E-state index in [-0.39, 0.29) is 17.4 Å². The first-order valence-corrected chi connectivity index (χ1v) is 7.34. The summed E-state index contributed by atoms with van der Waals surface area (Å²) in [6.07, 6.45) is -2.63. The van der Waals surface area contributed by atoms with Gasteiger partial charge in [0, 0.05) is 0 Å². The first kappa shape index (κ1) is 17.3. The summed E-state index contributed by atoms with van der Waals surface area (Å²) in [5, 5.41) is 19.7. The minimum absolute atomic E-state index is 0.0592. The van der Waals surface area contributed by atoms with Crippen LogP contribution in [0, 0.1) is 0 Å². The molecule has 4 atom stereocenters. The lowest BCUT2D eigenvalue weighted by molar-refractivity contribution is -0.152. The van der Waals surface area contributed by atoms with Crippen LogP contribution in [0.2, 0.25) is 0 Å². The Morgan fingerprint density at radius 3 is 2.88 bits per heavy atom. The summed E-state index contributed by atoms with van der Waals surface area (Å²) in [4.78, 5) is 23.3. The minimum Gasteiger partial charge on any atom is -0.467 e. The molecule has 1 fully saturated rings. The molecular formula is C13H18N6O6. The van der Waals surface area contributed by atoms with Crippen LogP contribution in [0.5, 0.6) is 0 Å². The molecule has 25 heavy (non-hydrogen) atoms. The highest BCUT2D eigenvalue weighted by molar-refractivity contribution is 5.82. The molecule has 0 saturated carbocycles. The molecule has 3 heterocycles. The molecule has 12 nitrogen and oxygen atoms in total. The van der Waals surface area contributed by atoms with Gasteiger partial charge in [-0.1, -0.05) is 0 Å². The van der Waals surface area contributed by atoms with Gasteiger partial charge in [-0.25, -0.2) is 9.78 Å². The molecule has 2 aromatic rings. The first-order valence-electron chi connectivity index (χ1n) is 7.34. The highest BCUT2D eigenvalue weighted by Crippen LogP contribution is 2.34. The van der Waals surface area contributed by atoms with Crippen LogP contribution >= 0.6 is 0 Å². The van der Waals surface area contributed by atoms with E-state index in [4.69, 9.17) is 20.9 Å². The number of methoxy groups -OCH3 is 1. The van der Waals surface area contributed by atoms with E-state index in [0.29, 0.717) is 5.52 Å². The van der Waals surface area contributed by atoms with Crippen molar-refractivity contribution in [3.05, 3.63) is 6.33 Å². The molecule has 0 spiro atoms. The maximum Gasteiger partial charge on any atom is 0.331 e. The number of carbonyl (C=O) groups is 1. The number of esters is 1. The van der Waals surface area contributed by atoms with Crippen LogP contribution in [-0.4, -0.2) is 74.3 Å². The van der Waals surface area contributed by atoms with Crippen molar-refractivity contribution in [1.29, 1.82) is 0 Å². The largest absolute Gasteiger partial charge is 0.467 e. The highest BCUT2D eigenvalue weighted by atomic mass is 16.6. The van der Waals surface area contributed by atoms with Crippen LogP contribution in [0.25, 0.3) is 11.2 Å². The van der Waals surface area contributed by atoms with Crippen molar-refractivity contribution in [3.63, 3.8) is 0 Å². The normalized spacial score (nSPS) is 26.2. The number of aliphatic hydroxyl groups excluding tert-OH is 2. The van der Waals surface area contributed by atoms with Crippen molar-refractivity contribution in [2.75, 3.05) is 31.8 Å². The molecule has 0 aliphatic carbocycles. The van der Waals surface area contributed by atoms with Crippen LogP contribution in [0.1, 0.15) is 6.23 Å². The standard InChI is InChI=1S/C13H18N6O6/c1-23-6(21)3-24-9-8(22)5(2-20)25-12(9)19-4-16-7-10(14)17-13(15)18-11(7)19/h4-5,8-9,12,20,22H,2-3H2,1H3,(H4,14,15,17,18)/t5-,8+,9+,12-/m1/s1. The number of hydrogen-bond acceptors (Lipinski definition) is 11. The number of rotatable bonds is 5. The number of aromatic nitrogens is 4. The lowest BCUT2D eigenvalue weighted by Gasteiger charge is -2.21. The SMILES string of the molecule is COC(=O)CO[C@H]1[C@@H](O)[C@@H](CO)O[C@H]1n1cnc2c(N)nc(N)nc21. The third-order valence-electron chi connectivity index (χ3n) is 3.85. The zero-order chi connectivity index (χ0) is 18.1.